The summed E-state index contributed by atoms with van der Waals surface area (Å²) >= 11 is 0. The minimum absolute atomic E-state index is 0. The summed E-state index contributed by atoms with van der Waals surface area (Å²) in [5.74, 6) is 0. The third kappa shape index (κ3) is 9.23. The van der Waals surface area contributed by atoms with Gasteiger partial charge in [0.05, 0.1) is 0 Å². The number of hydrogen-bond donors (Lipinski definition) is 0. The molecular formula is HKSbTiV. The van der Waals surface area contributed by atoms with Gasteiger partial charge in [-0.15, -0.1) is 0 Å². The molecule has 0 atom stereocenters. The summed E-state index contributed by atoms with van der Waals surface area (Å²) in [6.07, 6.45) is 0. The van der Waals surface area contributed by atoms with Gasteiger partial charge in [-0.2, -0.15) is 0 Å². The Kier molecular flexibility index (Phi) is 99.6. The van der Waals surface area contributed by atoms with E-state index in [1.165, 1.54) is 0 Å². The van der Waals surface area contributed by atoms with Crippen molar-refractivity contribution in [3.63, 3.8) is 0 Å². The van der Waals surface area contributed by atoms with Gasteiger partial charge in [0.2, 0.25) is 0 Å². The van der Waals surface area contributed by atoms with E-state index in [0.29, 0.717) is 0 Å². The summed E-state index contributed by atoms with van der Waals surface area (Å²) in [6.45, 7) is 0. The van der Waals surface area contributed by atoms with Crippen LogP contribution in [0.3, 0.4) is 0 Å². The minimum Gasteiger partial charge on any atom is 0 e. The average Bonchev–Trinajstić information content (AvgIpc) is 0. The molecule has 0 rings (SSSR count). The summed E-state index contributed by atoms with van der Waals surface area (Å²) in [4.78, 5) is 0. The van der Waals surface area contributed by atoms with Crippen molar-refractivity contribution in [2.75, 3.05) is 0 Å². The van der Waals surface area contributed by atoms with E-state index in [4.69, 9.17) is 0 Å². The molecule has 0 aromatic heterocycles. The molecule has 0 saturated heterocycles. The molecule has 4 heteroatoms. The molecule has 0 unspecified atom stereocenters. The van der Waals surface area contributed by atoms with E-state index in [0.717, 1.165) is 0 Å². The van der Waals surface area contributed by atoms with Gasteiger partial charge in [-0.05, 0) is 0 Å². The van der Waals surface area contributed by atoms with Crippen molar-refractivity contribution in [3.05, 3.63) is 0 Å². The van der Waals surface area contributed by atoms with Gasteiger partial charge < -0.3 is 0 Å². The first-order chi connectivity index (χ1) is 0. The van der Waals surface area contributed by atoms with Crippen LogP contribution in [0.2, 0.25) is 0 Å². The zero-order chi connectivity index (χ0) is 0. The third-order valence-corrected chi connectivity index (χ3v) is 0. The summed E-state index contributed by atoms with van der Waals surface area (Å²) in [6, 6.07) is 0. The Morgan fingerprint density at radius 2 is 1.00 bits per heavy atom. The molecule has 4 heavy (non-hydrogen) atoms. The van der Waals surface area contributed by atoms with Crippen molar-refractivity contribution in [1.82, 2.24) is 0 Å². The number of hydrogen-bond acceptors (Lipinski definition) is 0. The normalized spacial score (nSPS) is 0. The maximum absolute atomic E-state index is 0. The van der Waals surface area contributed by atoms with Crippen LogP contribution in [0.25, 0.3) is 0 Å². The van der Waals surface area contributed by atoms with Crippen molar-refractivity contribution in [2.24, 2.45) is 0 Å². The van der Waals surface area contributed by atoms with Gasteiger partial charge in [0.1, 0.15) is 0 Å². The average molecular weight is 261 g/mol. The predicted molar refractivity (Wildman–Crippen MR) is 12.9 cm³/mol. The predicted octanol–water partition coefficient (Wildman–Crippen LogP) is -1.03. The second-order valence-electron chi connectivity index (χ2n) is 0. The molecule has 0 nitrogen and oxygen atoms in total. The van der Waals surface area contributed by atoms with Crippen molar-refractivity contribution >= 4 is 75.8 Å². The maximum Gasteiger partial charge on any atom is 0 e. The van der Waals surface area contributed by atoms with E-state index < -0.39 is 0 Å². The molecule has 16 valence electrons. The quantitative estimate of drug-likeness (QED) is 0.489. The molecule has 4 radical (unpaired) electrons. The molecule has 0 spiro atoms. The van der Waals surface area contributed by atoms with E-state index >= 15 is 0 Å². The maximum atomic E-state index is 0. The fourth-order valence-electron chi connectivity index (χ4n) is 0. The van der Waals surface area contributed by atoms with Crippen LogP contribution in [-0.4, -0.2) is 75.8 Å². The van der Waals surface area contributed by atoms with E-state index in [-0.39, 0.29) is 116 Å². The van der Waals surface area contributed by atoms with Crippen molar-refractivity contribution in [1.29, 1.82) is 0 Å². The van der Waals surface area contributed by atoms with Crippen LogP contribution in [0.1, 0.15) is 0 Å². The molecular weight excluding hydrogens is 260 g/mol. The van der Waals surface area contributed by atoms with Crippen LogP contribution in [-0.2, 0) is 40.3 Å². The van der Waals surface area contributed by atoms with Crippen LogP contribution in [0.4, 0.5) is 0 Å². The third-order valence-electron chi connectivity index (χ3n) is 0. The monoisotopic (exact) mass is 260 g/mol. The Hall–Kier alpha value is 3.75. The van der Waals surface area contributed by atoms with Crippen LogP contribution in [0.5, 0.6) is 0 Å². The van der Waals surface area contributed by atoms with Gasteiger partial charge in [-0.3, -0.25) is 0 Å². The zero-order valence-electron chi connectivity index (χ0n) is 1.39. The van der Waals surface area contributed by atoms with Gasteiger partial charge in [-0.1, -0.05) is 0 Å². The largest absolute Gasteiger partial charge is 0 e. The van der Waals surface area contributed by atoms with E-state index in [9.17, 15) is 0 Å². The zero-order valence-corrected chi connectivity index (χ0v) is 6.91. The number of rotatable bonds is 0. The van der Waals surface area contributed by atoms with Crippen LogP contribution in [0, 0.1) is 0 Å². The van der Waals surface area contributed by atoms with Crippen molar-refractivity contribution in [2.45, 2.75) is 0 Å². The molecule has 0 aromatic rings. The standard InChI is InChI=1S/K.Sb.Ti.V.H. The first-order valence-corrected chi connectivity index (χ1v) is 0. The van der Waals surface area contributed by atoms with Gasteiger partial charge in [0.25, 0.3) is 0 Å². The molecule has 0 saturated carbocycles. The van der Waals surface area contributed by atoms with Crippen LogP contribution >= 0.6 is 0 Å². The first-order valence-electron chi connectivity index (χ1n) is 0. The SMILES string of the molecule is [KH].[Sb].[Ti].[V]. The summed E-state index contributed by atoms with van der Waals surface area (Å²) < 4.78 is 0. The van der Waals surface area contributed by atoms with Crippen molar-refractivity contribution in [3.8, 4) is 0 Å². The minimum atomic E-state index is 0. The Morgan fingerprint density at radius 1 is 1.00 bits per heavy atom. The molecule has 0 aliphatic rings. The molecule has 0 N–H and O–H groups in total. The molecule has 0 fully saturated rings. The van der Waals surface area contributed by atoms with Gasteiger partial charge in [0, 0.05) is 64.7 Å². The molecule has 0 aliphatic heterocycles. The summed E-state index contributed by atoms with van der Waals surface area (Å²) in [7, 11) is 0. The summed E-state index contributed by atoms with van der Waals surface area (Å²) in [5.41, 5.74) is 0. The first kappa shape index (κ1) is 25.1. The molecule has 0 aliphatic carbocycles. The van der Waals surface area contributed by atoms with Gasteiger partial charge in [0.15, 0.2) is 0 Å². The molecule has 0 bridgehead atoms. The molecule has 0 aromatic carbocycles. The smallest absolute Gasteiger partial charge is 0 e. The Morgan fingerprint density at radius 3 is 1.00 bits per heavy atom. The Balaban J connectivity index is 0. The van der Waals surface area contributed by atoms with Crippen LogP contribution in [0.15, 0.2) is 0 Å². The van der Waals surface area contributed by atoms with Crippen LogP contribution < -0.4 is 0 Å². The van der Waals surface area contributed by atoms with Gasteiger partial charge in [-0.25, -0.2) is 0 Å². The van der Waals surface area contributed by atoms with E-state index in [2.05, 4.69) is 0 Å². The Labute approximate surface area is 113 Å². The Bertz CT molecular complexity index is 8.00. The van der Waals surface area contributed by atoms with Crippen molar-refractivity contribution < 1.29 is 40.3 Å². The second-order valence-corrected chi connectivity index (χ2v) is 0. The van der Waals surface area contributed by atoms with Gasteiger partial charge >= 0.3 is 51.4 Å². The summed E-state index contributed by atoms with van der Waals surface area (Å²) in [5, 5.41) is 0. The van der Waals surface area contributed by atoms with E-state index in [1.54, 1.807) is 0 Å². The molecule has 0 heterocycles. The fraction of sp³-hybridized carbons (Fsp3) is 0. The van der Waals surface area contributed by atoms with E-state index in [1.807, 2.05) is 0 Å². The topological polar surface area (TPSA) is 0 Å². The fourth-order valence-corrected chi connectivity index (χ4v) is 0. The second kappa shape index (κ2) is 15.9. The molecule has 0 amide bonds.